The van der Waals surface area contributed by atoms with Crippen LogP contribution in [0.4, 0.5) is 0 Å². The van der Waals surface area contributed by atoms with E-state index in [1.807, 2.05) is 82.3 Å². The van der Waals surface area contributed by atoms with Crippen LogP contribution >= 0.6 is 35.1 Å². The minimum atomic E-state index is -0.758. The molecule has 190 valence electrons. The molecule has 0 spiro atoms. The van der Waals surface area contributed by atoms with E-state index in [0.29, 0.717) is 6.42 Å². The number of hydrogen-bond acceptors (Lipinski definition) is 6. The Hall–Kier alpha value is -2.25. The van der Waals surface area contributed by atoms with Crippen LogP contribution in [0, 0.1) is 0 Å². The van der Waals surface area contributed by atoms with Crippen LogP contribution in [0.3, 0.4) is 0 Å². The van der Waals surface area contributed by atoms with Gasteiger partial charge in [0.15, 0.2) is 0 Å². The van der Waals surface area contributed by atoms with Gasteiger partial charge in [-0.25, -0.2) is 4.79 Å². The molecule has 36 heavy (non-hydrogen) atoms. The van der Waals surface area contributed by atoms with Crippen LogP contribution in [0.2, 0.25) is 5.02 Å². The highest BCUT2D eigenvalue weighted by atomic mass is 35.5. The number of rotatable bonds is 12. The van der Waals surface area contributed by atoms with Crippen molar-refractivity contribution in [3.8, 4) is 0 Å². The van der Waals surface area contributed by atoms with Gasteiger partial charge in [-0.1, -0.05) is 72.7 Å². The molecule has 0 aliphatic heterocycles. The number of oxime groups is 1. The Kier molecular flexibility index (Phi) is 10.9. The summed E-state index contributed by atoms with van der Waals surface area (Å²) in [5.74, 6) is 0.433. The number of carbonyl (C=O) groups excluding carboxylic acids is 1. The van der Waals surface area contributed by atoms with Gasteiger partial charge >= 0.3 is 5.97 Å². The Morgan fingerprint density at radius 1 is 0.889 bits per heavy atom. The molecule has 0 aliphatic rings. The number of carbonyl (C=O) groups is 1. The molecular formula is C29H33ClN2O2S2. The first-order valence-electron chi connectivity index (χ1n) is 12.1. The molecule has 0 aromatic heterocycles. The lowest BCUT2D eigenvalue weighted by atomic mass is 10.0. The van der Waals surface area contributed by atoms with Gasteiger partial charge < -0.3 is 4.84 Å². The normalized spacial score (nSPS) is 12.1. The van der Waals surface area contributed by atoms with Crippen LogP contribution in [0.15, 0.2) is 98.7 Å². The highest BCUT2D eigenvalue weighted by Gasteiger charge is 2.35. The molecule has 0 radical (unpaired) electrons. The zero-order valence-electron chi connectivity index (χ0n) is 21.2. The summed E-state index contributed by atoms with van der Waals surface area (Å²) in [6, 6.07) is 26.3. The highest BCUT2D eigenvalue weighted by Crippen LogP contribution is 2.28. The second-order valence-electron chi connectivity index (χ2n) is 8.64. The molecule has 0 saturated heterocycles. The van der Waals surface area contributed by atoms with E-state index in [2.05, 4.69) is 34.3 Å². The van der Waals surface area contributed by atoms with E-state index >= 15 is 0 Å². The molecule has 0 unspecified atom stereocenters. The van der Waals surface area contributed by atoms with E-state index in [9.17, 15) is 4.79 Å². The molecule has 0 bridgehead atoms. The summed E-state index contributed by atoms with van der Waals surface area (Å²) in [5, 5.41) is 5.09. The summed E-state index contributed by atoms with van der Waals surface area (Å²) in [5.41, 5.74) is 0.931. The Morgan fingerprint density at radius 2 is 1.47 bits per heavy atom. The van der Waals surface area contributed by atoms with E-state index in [-0.39, 0.29) is 5.97 Å². The summed E-state index contributed by atoms with van der Waals surface area (Å²) in [4.78, 5) is 24.0. The zero-order chi connectivity index (χ0) is 26.0. The molecule has 3 aromatic rings. The van der Waals surface area contributed by atoms with Crippen LogP contribution in [0.1, 0.15) is 39.7 Å². The molecule has 3 rings (SSSR count). The van der Waals surface area contributed by atoms with Crippen molar-refractivity contribution in [1.82, 2.24) is 4.90 Å². The van der Waals surface area contributed by atoms with E-state index in [1.54, 1.807) is 23.5 Å². The average molecular weight is 541 g/mol. The van der Waals surface area contributed by atoms with Gasteiger partial charge in [0.25, 0.3) is 0 Å². The number of hydrogen-bond donors (Lipinski definition) is 0. The van der Waals surface area contributed by atoms with Crippen molar-refractivity contribution >= 4 is 46.8 Å². The molecule has 7 heteroatoms. The number of nitrogens with zero attached hydrogens (tertiary/aromatic N) is 2. The van der Waals surface area contributed by atoms with Crippen molar-refractivity contribution in [2.75, 3.05) is 18.8 Å². The van der Waals surface area contributed by atoms with Gasteiger partial charge in [0.1, 0.15) is 5.54 Å². The van der Waals surface area contributed by atoms with Crippen molar-refractivity contribution in [3.05, 3.63) is 89.4 Å². The molecule has 0 aliphatic carbocycles. The van der Waals surface area contributed by atoms with Gasteiger partial charge in [-0.3, -0.25) is 4.90 Å². The third-order valence-electron chi connectivity index (χ3n) is 5.88. The molecule has 0 atom stereocenters. The SMILES string of the molecule is CCN(CC)C(C)(C)C(=O)O/N=C(\CCSc1ccc(Cl)cc1)c1ccc(Sc2ccccc2)cc1. The maximum Gasteiger partial charge on any atom is 0.354 e. The summed E-state index contributed by atoms with van der Waals surface area (Å²) in [7, 11) is 0. The van der Waals surface area contributed by atoms with Crippen molar-refractivity contribution in [2.24, 2.45) is 5.16 Å². The van der Waals surface area contributed by atoms with Crippen molar-refractivity contribution in [2.45, 2.75) is 54.3 Å². The molecule has 0 saturated carbocycles. The first kappa shape index (κ1) is 28.3. The summed E-state index contributed by atoms with van der Waals surface area (Å²) < 4.78 is 0. The van der Waals surface area contributed by atoms with Gasteiger partial charge in [0.05, 0.1) is 5.71 Å². The lowest BCUT2D eigenvalue weighted by Gasteiger charge is -2.33. The van der Waals surface area contributed by atoms with E-state index < -0.39 is 5.54 Å². The maximum absolute atomic E-state index is 13.0. The highest BCUT2D eigenvalue weighted by molar-refractivity contribution is 7.99. The van der Waals surface area contributed by atoms with Crippen LogP contribution in [-0.4, -0.2) is 41.0 Å². The van der Waals surface area contributed by atoms with Crippen LogP contribution < -0.4 is 0 Å². The minimum Gasteiger partial charge on any atom is -0.316 e. The number of thioether (sulfide) groups is 1. The van der Waals surface area contributed by atoms with Gasteiger partial charge in [-0.2, -0.15) is 0 Å². The topological polar surface area (TPSA) is 41.9 Å². The molecule has 3 aromatic carbocycles. The quantitative estimate of drug-likeness (QED) is 0.101. The van der Waals surface area contributed by atoms with Gasteiger partial charge in [0.2, 0.25) is 0 Å². The lowest BCUT2D eigenvalue weighted by Crippen LogP contribution is -2.50. The lowest BCUT2D eigenvalue weighted by molar-refractivity contribution is -0.156. The van der Waals surface area contributed by atoms with Crippen molar-refractivity contribution < 1.29 is 9.63 Å². The molecule has 0 fully saturated rings. The fourth-order valence-electron chi connectivity index (χ4n) is 3.73. The average Bonchev–Trinajstić information content (AvgIpc) is 2.88. The summed E-state index contributed by atoms with van der Waals surface area (Å²) in [6.45, 7) is 9.35. The van der Waals surface area contributed by atoms with E-state index in [0.717, 1.165) is 44.9 Å². The number of likely N-dealkylation sites (N-methyl/N-ethyl adjacent to an activating group) is 1. The smallest absolute Gasteiger partial charge is 0.316 e. The third-order valence-corrected chi connectivity index (χ3v) is 8.16. The van der Waals surface area contributed by atoms with E-state index in [4.69, 9.17) is 16.4 Å². The first-order chi connectivity index (χ1) is 17.3. The fraction of sp³-hybridized carbons (Fsp3) is 0.310. The predicted octanol–water partition coefficient (Wildman–Crippen LogP) is 8.04. The van der Waals surface area contributed by atoms with E-state index in [1.165, 1.54) is 4.90 Å². The van der Waals surface area contributed by atoms with Crippen molar-refractivity contribution in [1.29, 1.82) is 0 Å². The minimum absolute atomic E-state index is 0.356. The zero-order valence-corrected chi connectivity index (χ0v) is 23.6. The van der Waals surface area contributed by atoms with Crippen LogP contribution in [-0.2, 0) is 9.63 Å². The Morgan fingerprint density at radius 3 is 2.08 bits per heavy atom. The fourth-order valence-corrected chi connectivity index (χ4v) is 5.55. The third kappa shape index (κ3) is 8.13. The number of benzene rings is 3. The molecular weight excluding hydrogens is 508 g/mol. The monoisotopic (exact) mass is 540 g/mol. The number of halogens is 1. The van der Waals surface area contributed by atoms with Crippen LogP contribution in [0.5, 0.6) is 0 Å². The van der Waals surface area contributed by atoms with Gasteiger partial charge in [-0.05, 0) is 81.0 Å². The molecule has 0 heterocycles. The van der Waals surface area contributed by atoms with Crippen molar-refractivity contribution in [3.63, 3.8) is 0 Å². The Labute approximate surface area is 228 Å². The maximum atomic E-state index is 13.0. The molecule has 4 nitrogen and oxygen atoms in total. The predicted molar refractivity (Wildman–Crippen MR) is 153 cm³/mol. The van der Waals surface area contributed by atoms with Crippen LogP contribution in [0.25, 0.3) is 0 Å². The van der Waals surface area contributed by atoms with Gasteiger partial charge in [-0.15, -0.1) is 11.8 Å². The molecule has 0 N–H and O–H groups in total. The summed E-state index contributed by atoms with van der Waals surface area (Å²) in [6.07, 6.45) is 0.650. The summed E-state index contributed by atoms with van der Waals surface area (Å²) >= 11 is 9.43. The standard InChI is InChI=1S/C29H33ClN2O2S2/c1-5-32(6-2)29(3,4)28(33)34-31-27(20-21-35-24-18-14-23(30)15-19-24)22-12-16-26(17-13-22)36-25-10-8-7-9-11-25/h7-19H,5-6,20-21H2,1-4H3/b31-27+. The second kappa shape index (κ2) is 13.9. The first-order valence-corrected chi connectivity index (χ1v) is 14.3. The Bertz CT molecular complexity index is 1130. The molecule has 0 amide bonds. The second-order valence-corrected chi connectivity index (χ2v) is 11.4. The Balaban J connectivity index is 1.75. The van der Waals surface area contributed by atoms with Gasteiger partial charge in [0, 0.05) is 31.9 Å². The largest absolute Gasteiger partial charge is 0.354 e.